The minimum Gasteiger partial charge on any atom is -0.480 e. The molecule has 0 bridgehead atoms. The summed E-state index contributed by atoms with van der Waals surface area (Å²) >= 11 is 0. The Kier molecular flexibility index (Phi) is 3.91. The van der Waals surface area contributed by atoms with Gasteiger partial charge >= 0.3 is 5.97 Å². The van der Waals surface area contributed by atoms with Gasteiger partial charge in [0.25, 0.3) is 0 Å². The highest BCUT2D eigenvalue weighted by atomic mass is 16.4. The van der Waals surface area contributed by atoms with Gasteiger partial charge in [0, 0.05) is 11.6 Å². The van der Waals surface area contributed by atoms with E-state index < -0.39 is 12.0 Å². The molecule has 2 N–H and O–H groups in total. The van der Waals surface area contributed by atoms with E-state index in [2.05, 4.69) is 5.32 Å². The van der Waals surface area contributed by atoms with Crippen LogP contribution in [0.2, 0.25) is 0 Å². The largest absolute Gasteiger partial charge is 0.480 e. The molecular formula is C11H17NO3. The van der Waals surface area contributed by atoms with Crippen molar-refractivity contribution < 1.29 is 14.3 Å². The highest BCUT2D eigenvalue weighted by Gasteiger charge is 2.23. The van der Waals surface area contributed by atoms with Crippen molar-refractivity contribution in [3.63, 3.8) is 0 Å². The summed E-state index contributed by atoms with van der Waals surface area (Å²) in [6.45, 7) is 5.69. The molecule has 84 valence electrons. The summed E-state index contributed by atoms with van der Waals surface area (Å²) in [6, 6.07) is 1.28. The first-order valence-electron chi connectivity index (χ1n) is 5.03. The van der Waals surface area contributed by atoms with Crippen LogP contribution in [0.4, 0.5) is 0 Å². The average molecular weight is 211 g/mol. The van der Waals surface area contributed by atoms with Crippen LogP contribution in [0.3, 0.4) is 0 Å². The molecule has 0 saturated carbocycles. The third-order valence-electron chi connectivity index (χ3n) is 2.41. The Morgan fingerprint density at radius 1 is 1.47 bits per heavy atom. The lowest BCUT2D eigenvalue weighted by molar-refractivity contribution is -0.140. The quantitative estimate of drug-likeness (QED) is 0.782. The summed E-state index contributed by atoms with van der Waals surface area (Å²) in [5, 5.41) is 12.1. The summed E-state index contributed by atoms with van der Waals surface area (Å²) in [5.41, 5.74) is 0.960. The number of carboxylic acid groups (broad SMARTS) is 1. The molecule has 0 aliphatic rings. The molecule has 0 spiro atoms. The summed E-state index contributed by atoms with van der Waals surface area (Å²) in [6.07, 6.45) is 3.20. The van der Waals surface area contributed by atoms with Crippen molar-refractivity contribution in [3.05, 3.63) is 24.2 Å². The number of carbonyl (C=O) groups is 1. The maximum Gasteiger partial charge on any atom is 0.320 e. The lowest BCUT2D eigenvalue weighted by atomic mass is 10.0. The summed E-state index contributed by atoms with van der Waals surface area (Å²) in [7, 11) is 0. The van der Waals surface area contributed by atoms with Crippen LogP contribution in [-0.2, 0) is 4.79 Å². The zero-order chi connectivity index (χ0) is 11.4. The highest BCUT2D eigenvalue weighted by molar-refractivity contribution is 5.73. The van der Waals surface area contributed by atoms with Gasteiger partial charge in [0.05, 0.1) is 12.5 Å². The molecule has 2 unspecified atom stereocenters. The van der Waals surface area contributed by atoms with E-state index in [4.69, 9.17) is 9.52 Å². The van der Waals surface area contributed by atoms with Gasteiger partial charge in [-0.1, -0.05) is 13.8 Å². The van der Waals surface area contributed by atoms with Crippen LogP contribution >= 0.6 is 0 Å². The summed E-state index contributed by atoms with van der Waals surface area (Å²) in [4.78, 5) is 11.0. The Hall–Kier alpha value is -1.29. The standard InChI is InChI=1S/C11H17NO3/c1-7(2)10(11(13)14)12-8(3)9-4-5-15-6-9/h4-8,10,12H,1-3H3,(H,13,14). The van der Waals surface area contributed by atoms with Gasteiger partial charge in [0.2, 0.25) is 0 Å². The number of furan rings is 1. The molecule has 1 aromatic heterocycles. The molecule has 0 saturated heterocycles. The smallest absolute Gasteiger partial charge is 0.320 e. The first-order chi connectivity index (χ1) is 7.02. The second-order valence-electron chi connectivity index (χ2n) is 4.00. The van der Waals surface area contributed by atoms with Crippen LogP contribution in [0.15, 0.2) is 23.0 Å². The van der Waals surface area contributed by atoms with Crippen LogP contribution in [-0.4, -0.2) is 17.1 Å². The van der Waals surface area contributed by atoms with Crippen molar-refractivity contribution in [1.82, 2.24) is 5.32 Å². The van der Waals surface area contributed by atoms with Gasteiger partial charge in [-0.3, -0.25) is 10.1 Å². The molecular weight excluding hydrogens is 194 g/mol. The number of hydrogen-bond acceptors (Lipinski definition) is 3. The van der Waals surface area contributed by atoms with E-state index in [0.717, 1.165) is 5.56 Å². The van der Waals surface area contributed by atoms with Crippen LogP contribution in [0.5, 0.6) is 0 Å². The first-order valence-corrected chi connectivity index (χ1v) is 5.03. The van der Waals surface area contributed by atoms with E-state index in [9.17, 15) is 4.79 Å². The lowest BCUT2D eigenvalue weighted by Crippen LogP contribution is -2.42. The van der Waals surface area contributed by atoms with E-state index in [1.807, 2.05) is 26.8 Å². The second-order valence-corrected chi connectivity index (χ2v) is 4.00. The normalized spacial score (nSPS) is 15.2. The van der Waals surface area contributed by atoms with Crippen LogP contribution in [0, 0.1) is 5.92 Å². The van der Waals surface area contributed by atoms with Crippen LogP contribution in [0.1, 0.15) is 32.4 Å². The van der Waals surface area contributed by atoms with Gasteiger partial charge in [-0.15, -0.1) is 0 Å². The van der Waals surface area contributed by atoms with E-state index in [-0.39, 0.29) is 12.0 Å². The maximum atomic E-state index is 11.0. The predicted octanol–water partition coefficient (Wildman–Crippen LogP) is 2.04. The lowest BCUT2D eigenvalue weighted by Gasteiger charge is -2.22. The summed E-state index contributed by atoms with van der Waals surface area (Å²) < 4.78 is 4.95. The number of carboxylic acids is 1. The molecule has 0 aromatic carbocycles. The molecule has 0 amide bonds. The number of hydrogen-bond donors (Lipinski definition) is 2. The highest BCUT2D eigenvalue weighted by Crippen LogP contribution is 2.15. The Morgan fingerprint density at radius 2 is 2.13 bits per heavy atom. The monoisotopic (exact) mass is 211 g/mol. The zero-order valence-corrected chi connectivity index (χ0v) is 9.23. The Balaban J connectivity index is 2.63. The van der Waals surface area contributed by atoms with E-state index in [0.29, 0.717) is 0 Å². The van der Waals surface area contributed by atoms with Crippen molar-refractivity contribution >= 4 is 5.97 Å². The Morgan fingerprint density at radius 3 is 2.53 bits per heavy atom. The zero-order valence-electron chi connectivity index (χ0n) is 9.23. The van der Waals surface area contributed by atoms with Gasteiger partial charge in [-0.25, -0.2) is 0 Å². The molecule has 1 rings (SSSR count). The van der Waals surface area contributed by atoms with Gasteiger partial charge in [0.1, 0.15) is 6.04 Å². The SMILES string of the molecule is CC(NC(C(=O)O)C(C)C)c1ccoc1. The van der Waals surface area contributed by atoms with E-state index in [1.165, 1.54) is 0 Å². The van der Waals surface area contributed by atoms with Crippen molar-refractivity contribution in [3.8, 4) is 0 Å². The van der Waals surface area contributed by atoms with Gasteiger partial charge in [-0.2, -0.15) is 0 Å². The average Bonchev–Trinajstić information content (AvgIpc) is 2.65. The predicted molar refractivity (Wildman–Crippen MR) is 56.5 cm³/mol. The third-order valence-corrected chi connectivity index (χ3v) is 2.41. The van der Waals surface area contributed by atoms with E-state index in [1.54, 1.807) is 12.5 Å². The van der Waals surface area contributed by atoms with Crippen molar-refractivity contribution in [2.75, 3.05) is 0 Å². The maximum absolute atomic E-state index is 11.0. The van der Waals surface area contributed by atoms with Crippen molar-refractivity contribution in [2.45, 2.75) is 32.9 Å². The fourth-order valence-electron chi connectivity index (χ4n) is 1.44. The van der Waals surface area contributed by atoms with Gasteiger partial charge in [0.15, 0.2) is 0 Å². The van der Waals surface area contributed by atoms with Crippen molar-refractivity contribution in [2.24, 2.45) is 5.92 Å². The summed E-state index contributed by atoms with van der Waals surface area (Å²) in [5.74, 6) is -0.766. The van der Waals surface area contributed by atoms with E-state index >= 15 is 0 Å². The second kappa shape index (κ2) is 4.98. The third kappa shape index (κ3) is 3.09. The molecule has 1 heterocycles. The molecule has 0 fully saturated rings. The fraction of sp³-hybridized carbons (Fsp3) is 0.545. The van der Waals surface area contributed by atoms with Crippen LogP contribution in [0.25, 0.3) is 0 Å². The Bertz CT molecular complexity index is 306. The Labute approximate surface area is 89.3 Å². The number of aliphatic carboxylic acids is 1. The molecule has 15 heavy (non-hydrogen) atoms. The molecule has 0 radical (unpaired) electrons. The van der Waals surface area contributed by atoms with Gasteiger partial charge in [-0.05, 0) is 18.9 Å². The fourth-order valence-corrected chi connectivity index (χ4v) is 1.44. The topological polar surface area (TPSA) is 62.5 Å². The number of rotatable bonds is 5. The molecule has 4 heteroatoms. The number of nitrogens with one attached hydrogen (secondary N) is 1. The van der Waals surface area contributed by atoms with Gasteiger partial charge < -0.3 is 9.52 Å². The molecule has 4 nitrogen and oxygen atoms in total. The minimum atomic E-state index is -0.819. The van der Waals surface area contributed by atoms with Crippen LogP contribution < -0.4 is 5.32 Å². The molecule has 2 atom stereocenters. The minimum absolute atomic E-state index is 0.0211. The molecule has 1 aromatic rings. The molecule has 0 aliphatic heterocycles. The first kappa shape index (κ1) is 11.8. The van der Waals surface area contributed by atoms with Crippen molar-refractivity contribution in [1.29, 1.82) is 0 Å². The molecule has 0 aliphatic carbocycles.